The first kappa shape index (κ1) is 17.2. The average molecular weight is 372 g/mol. The topological polar surface area (TPSA) is 80.3 Å². The number of halogens is 1. The summed E-state index contributed by atoms with van der Waals surface area (Å²) in [7, 11) is -7.04. The van der Waals surface area contributed by atoms with Crippen LogP contribution in [0, 0.1) is 5.92 Å². The van der Waals surface area contributed by atoms with Crippen LogP contribution in [0.25, 0.3) is 0 Å². The Kier molecular flexibility index (Phi) is 5.04. The average Bonchev–Trinajstić information content (AvgIpc) is 2.90. The molecular weight excluding hydrogens is 354 g/mol. The molecule has 0 amide bonds. The second kappa shape index (κ2) is 6.16. The summed E-state index contributed by atoms with van der Waals surface area (Å²) < 4.78 is 49.5. The third kappa shape index (κ3) is 3.98. The molecule has 1 aromatic heterocycles. The third-order valence-corrected chi connectivity index (χ3v) is 9.22. The molecule has 1 saturated heterocycles. The zero-order valence-corrected chi connectivity index (χ0v) is 14.9. The van der Waals surface area contributed by atoms with Crippen molar-refractivity contribution in [3.63, 3.8) is 0 Å². The lowest BCUT2D eigenvalue weighted by Crippen LogP contribution is -2.44. The monoisotopic (exact) mass is 371 g/mol. The molecule has 21 heavy (non-hydrogen) atoms. The lowest BCUT2D eigenvalue weighted by atomic mass is 10.2. The van der Waals surface area contributed by atoms with E-state index in [1.54, 1.807) is 0 Å². The van der Waals surface area contributed by atoms with Crippen LogP contribution in [0.1, 0.15) is 13.8 Å². The van der Waals surface area contributed by atoms with E-state index >= 15 is 0 Å². The number of sulfone groups is 2. The first-order valence-electron chi connectivity index (χ1n) is 6.55. The summed E-state index contributed by atoms with van der Waals surface area (Å²) in [6, 6.07) is 2.38. The highest BCUT2D eigenvalue weighted by Gasteiger charge is 2.46. The highest BCUT2D eigenvalue weighted by Crippen LogP contribution is 2.32. The summed E-state index contributed by atoms with van der Waals surface area (Å²) in [6.07, 6.45) is 0. The lowest BCUT2D eigenvalue weighted by molar-refractivity contribution is 0.480. The zero-order valence-electron chi connectivity index (χ0n) is 11.7. The summed E-state index contributed by atoms with van der Waals surface area (Å²) in [5.41, 5.74) is 0. The molecule has 0 spiro atoms. The molecule has 5 nitrogen and oxygen atoms in total. The minimum Gasteiger partial charge on any atom is -0.311 e. The lowest BCUT2D eigenvalue weighted by Gasteiger charge is -2.20. The van der Waals surface area contributed by atoms with Crippen LogP contribution in [0.15, 0.2) is 16.3 Å². The van der Waals surface area contributed by atoms with Gasteiger partial charge in [0.25, 0.3) is 0 Å². The van der Waals surface area contributed by atoms with Gasteiger partial charge in [-0.05, 0) is 24.6 Å². The second-order valence-electron chi connectivity index (χ2n) is 5.63. The molecule has 1 aromatic rings. The Morgan fingerprint density at radius 3 is 2.57 bits per heavy atom. The molecule has 0 aromatic carbocycles. The van der Waals surface area contributed by atoms with E-state index in [0.29, 0.717) is 16.8 Å². The predicted octanol–water partition coefficient (Wildman–Crippen LogP) is 1.59. The van der Waals surface area contributed by atoms with E-state index in [9.17, 15) is 16.8 Å². The molecule has 0 unspecified atom stereocenters. The van der Waals surface area contributed by atoms with E-state index in [1.807, 2.05) is 13.8 Å². The van der Waals surface area contributed by atoms with E-state index in [0.717, 1.165) is 11.3 Å². The number of hydrogen-bond acceptors (Lipinski definition) is 6. The van der Waals surface area contributed by atoms with Crippen LogP contribution in [0.4, 0.5) is 0 Å². The molecule has 1 aliphatic heterocycles. The first-order valence-corrected chi connectivity index (χ1v) is 11.1. The molecule has 1 N–H and O–H groups in total. The van der Waals surface area contributed by atoms with Crippen LogP contribution in [-0.4, -0.2) is 46.2 Å². The number of thiophene rings is 1. The Balaban J connectivity index is 2.30. The number of rotatable bonds is 5. The quantitative estimate of drug-likeness (QED) is 0.850. The van der Waals surface area contributed by atoms with E-state index in [-0.39, 0.29) is 15.7 Å². The van der Waals surface area contributed by atoms with Crippen molar-refractivity contribution >= 4 is 42.6 Å². The Morgan fingerprint density at radius 1 is 1.38 bits per heavy atom. The van der Waals surface area contributed by atoms with Gasteiger partial charge in [0.1, 0.15) is 4.21 Å². The SMILES string of the molecule is CC(C)CN[C@H]1CS(=O)(=O)C[C@@H]1S(=O)(=O)c1ccc(Cl)s1. The molecule has 1 aliphatic rings. The fourth-order valence-corrected chi connectivity index (χ4v) is 8.72. The molecule has 2 heterocycles. The van der Waals surface area contributed by atoms with Gasteiger partial charge in [0.05, 0.1) is 21.1 Å². The van der Waals surface area contributed by atoms with Crippen LogP contribution in [0.5, 0.6) is 0 Å². The first-order chi connectivity index (χ1) is 9.62. The molecule has 0 aliphatic carbocycles. The largest absolute Gasteiger partial charge is 0.311 e. The highest BCUT2D eigenvalue weighted by molar-refractivity contribution is 7.97. The van der Waals surface area contributed by atoms with Gasteiger partial charge in [0.2, 0.25) is 0 Å². The summed E-state index contributed by atoms with van der Waals surface area (Å²) in [4.78, 5) is 0. The van der Waals surface area contributed by atoms with E-state index in [2.05, 4.69) is 5.32 Å². The van der Waals surface area contributed by atoms with Gasteiger partial charge in [0, 0.05) is 6.04 Å². The zero-order chi connectivity index (χ0) is 15.8. The van der Waals surface area contributed by atoms with Gasteiger partial charge in [-0.25, -0.2) is 16.8 Å². The highest BCUT2D eigenvalue weighted by atomic mass is 35.5. The molecule has 120 valence electrons. The standard InChI is InChI=1S/C12H18ClNO4S3/c1-8(2)5-14-9-6-20(15,16)7-10(9)21(17,18)12-4-3-11(13)19-12/h3-4,8-10,14H,5-7H2,1-2H3/t9-,10-/m0/s1. The van der Waals surface area contributed by atoms with E-state index in [1.165, 1.54) is 12.1 Å². The van der Waals surface area contributed by atoms with Crippen LogP contribution in [-0.2, 0) is 19.7 Å². The molecule has 2 rings (SSSR count). The van der Waals surface area contributed by atoms with Crippen molar-refractivity contribution in [2.24, 2.45) is 5.92 Å². The summed E-state index contributed by atoms with van der Waals surface area (Å²) >= 11 is 6.75. The maximum absolute atomic E-state index is 12.6. The van der Waals surface area contributed by atoms with Crippen molar-refractivity contribution in [1.29, 1.82) is 0 Å². The van der Waals surface area contributed by atoms with Gasteiger partial charge in [-0.2, -0.15) is 0 Å². The second-order valence-corrected chi connectivity index (χ2v) is 11.9. The summed E-state index contributed by atoms with van der Waals surface area (Å²) in [6.45, 7) is 4.55. The molecule has 0 radical (unpaired) electrons. The Morgan fingerprint density at radius 2 is 2.05 bits per heavy atom. The van der Waals surface area contributed by atoms with Crippen molar-refractivity contribution < 1.29 is 16.8 Å². The molecule has 0 saturated carbocycles. The fourth-order valence-electron chi connectivity index (χ4n) is 2.30. The third-order valence-electron chi connectivity index (χ3n) is 3.32. The smallest absolute Gasteiger partial charge is 0.193 e. The van der Waals surface area contributed by atoms with Crippen molar-refractivity contribution in [3.8, 4) is 0 Å². The van der Waals surface area contributed by atoms with Crippen LogP contribution < -0.4 is 5.32 Å². The Hall–Kier alpha value is -0.150. The maximum Gasteiger partial charge on any atom is 0.193 e. The van der Waals surface area contributed by atoms with Gasteiger partial charge in [-0.1, -0.05) is 25.4 Å². The maximum atomic E-state index is 12.6. The van der Waals surface area contributed by atoms with Gasteiger partial charge in [0.15, 0.2) is 19.7 Å². The van der Waals surface area contributed by atoms with Crippen molar-refractivity contribution in [2.75, 3.05) is 18.1 Å². The van der Waals surface area contributed by atoms with E-state index in [4.69, 9.17) is 11.6 Å². The number of nitrogens with one attached hydrogen (secondary N) is 1. The van der Waals surface area contributed by atoms with Crippen LogP contribution in [0.3, 0.4) is 0 Å². The van der Waals surface area contributed by atoms with Crippen LogP contribution >= 0.6 is 22.9 Å². The molecule has 1 fully saturated rings. The Labute approximate surface area is 134 Å². The summed E-state index contributed by atoms with van der Waals surface area (Å²) in [5, 5.41) is 2.13. The Bertz CT molecular complexity index is 709. The molecule has 2 atom stereocenters. The normalized spacial score (nSPS) is 25.5. The van der Waals surface area contributed by atoms with Crippen molar-refractivity contribution in [3.05, 3.63) is 16.5 Å². The molecule has 0 bridgehead atoms. The number of hydrogen-bond donors (Lipinski definition) is 1. The predicted molar refractivity (Wildman–Crippen MR) is 85.6 cm³/mol. The fraction of sp³-hybridized carbons (Fsp3) is 0.667. The van der Waals surface area contributed by atoms with Crippen molar-refractivity contribution in [1.82, 2.24) is 5.32 Å². The van der Waals surface area contributed by atoms with Crippen LogP contribution in [0.2, 0.25) is 4.34 Å². The van der Waals surface area contributed by atoms with Gasteiger partial charge < -0.3 is 5.32 Å². The summed E-state index contributed by atoms with van der Waals surface area (Å²) in [5.74, 6) is -0.156. The van der Waals surface area contributed by atoms with Gasteiger partial charge >= 0.3 is 0 Å². The van der Waals surface area contributed by atoms with Gasteiger partial charge in [-0.3, -0.25) is 0 Å². The van der Waals surface area contributed by atoms with Gasteiger partial charge in [-0.15, -0.1) is 11.3 Å². The molecular formula is C12H18ClNO4S3. The molecule has 9 heteroatoms. The minimum atomic E-state index is -3.69. The van der Waals surface area contributed by atoms with Crippen molar-refractivity contribution in [2.45, 2.75) is 29.3 Å². The minimum absolute atomic E-state index is 0.131. The van der Waals surface area contributed by atoms with E-state index < -0.39 is 31.0 Å².